The van der Waals surface area contributed by atoms with Crippen LogP contribution in [-0.2, 0) is 14.3 Å². The quantitative estimate of drug-likeness (QED) is 0.578. The number of carboxylic acid groups (broad SMARTS) is 1. The van der Waals surface area contributed by atoms with Crippen molar-refractivity contribution < 1.29 is 29.0 Å². The molecule has 0 saturated carbocycles. The summed E-state index contributed by atoms with van der Waals surface area (Å²) in [7, 11) is 0. The maximum Gasteiger partial charge on any atom is 0.409 e. The molecule has 2 heterocycles. The molecule has 1 unspecified atom stereocenters. The third kappa shape index (κ3) is 6.98. The molecular formula is C24H29N5O6. The molecule has 2 aromatic rings. The van der Waals surface area contributed by atoms with Crippen LogP contribution < -0.4 is 5.32 Å². The number of hydrogen-bond acceptors (Lipinski definition) is 7. The number of aryl methyl sites for hydroxylation is 1. The Morgan fingerprint density at radius 3 is 2.34 bits per heavy atom. The summed E-state index contributed by atoms with van der Waals surface area (Å²) in [5.41, 5.74) is 1.40. The molecule has 35 heavy (non-hydrogen) atoms. The van der Waals surface area contributed by atoms with Gasteiger partial charge in [-0.25, -0.2) is 14.8 Å². The number of aromatic nitrogens is 2. The fourth-order valence-corrected chi connectivity index (χ4v) is 3.70. The fourth-order valence-electron chi connectivity index (χ4n) is 3.70. The molecule has 1 saturated heterocycles. The van der Waals surface area contributed by atoms with Crippen LogP contribution in [0.2, 0.25) is 0 Å². The number of amides is 3. The maximum absolute atomic E-state index is 13.2. The summed E-state index contributed by atoms with van der Waals surface area (Å²) in [5.74, 6) is -1.70. The van der Waals surface area contributed by atoms with Crippen LogP contribution in [0, 0.1) is 6.92 Å². The molecule has 0 radical (unpaired) electrons. The van der Waals surface area contributed by atoms with Crippen LogP contribution in [0.5, 0.6) is 0 Å². The lowest BCUT2D eigenvalue weighted by molar-refractivity contribution is -0.138. The molecule has 0 bridgehead atoms. The van der Waals surface area contributed by atoms with Gasteiger partial charge in [0.05, 0.1) is 6.61 Å². The highest BCUT2D eigenvalue weighted by Gasteiger charge is 2.31. The Hall–Kier alpha value is -4.02. The summed E-state index contributed by atoms with van der Waals surface area (Å²) in [5, 5.41) is 11.8. The molecule has 3 amide bonds. The Morgan fingerprint density at radius 1 is 1.06 bits per heavy atom. The lowest BCUT2D eigenvalue weighted by Gasteiger charge is -2.35. The van der Waals surface area contributed by atoms with Crippen LogP contribution in [0.15, 0.2) is 36.4 Å². The Labute approximate surface area is 203 Å². The Morgan fingerprint density at radius 2 is 1.71 bits per heavy atom. The van der Waals surface area contributed by atoms with Crippen molar-refractivity contribution in [3.63, 3.8) is 0 Å². The fraction of sp³-hybridized carbons (Fsp3) is 0.417. The van der Waals surface area contributed by atoms with E-state index in [0.29, 0.717) is 11.5 Å². The number of benzene rings is 1. The van der Waals surface area contributed by atoms with Gasteiger partial charge in [0.2, 0.25) is 5.91 Å². The van der Waals surface area contributed by atoms with Crippen molar-refractivity contribution in [2.75, 3.05) is 32.8 Å². The highest BCUT2D eigenvalue weighted by atomic mass is 16.6. The second-order valence-electron chi connectivity index (χ2n) is 8.05. The predicted octanol–water partition coefficient (Wildman–Crippen LogP) is 1.72. The highest BCUT2D eigenvalue weighted by Crippen LogP contribution is 2.16. The molecule has 1 atom stereocenters. The van der Waals surface area contributed by atoms with Gasteiger partial charge in [0.25, 0.3) is 5.91 Å². The number of ether oxygens (including phenoxy) is 1. The minimum Gasteiger partial charge on any atom is -0.481 e. The number of aliphatic carboxylic acids is 1. The third-order valence-electron chi connectivity index (χ3n) is 5.49. The summed E-state index contributed by atoms with van der Waals surface area (Å²) >= 11 is 0. The largest absolute Gasteiger partial charge is 0.481 e. The van der Waals surface area contributed by atoms with Gasteiger partial charge in [-0.1, -0.05) is 30.3 Å². The number of nitrogens with zero attached hydrogens (tertiary/aromatic N) is 4. The first-order chi connectivity index (χ1) is 16.8. The topological polar surface area (TPSA) is 142 Å². The first-order valence-corrected chi connectivity index (χ1v) is 11.4. The van der Waals surface area contributed by atoms with E-state index in [4.69, 9.17) is 9.84 Å². The van der Waals surface area contributed by atoms with Gasteiger partial charge in [0.15, 0.2) is 5.82 Å². The van der Waals surface area contributed by atoms with E-state index in [2.05, 4.69) is 15.3 Å². The molecule has 0 spiro atoms. The summed E-state index contributed by atoms with van der Waals surface area (Å²) in [6, 6.07) is 9.64. The number of hydrogen-bond donors (Lipinski definition) is 2. The molecule has 2 N–H and O–H groups in total. The summed E-state index contributed by atoms with van der Waals surface area (Å²) in [6.07, 6.45) is -0.811. The minimum absolute atomic E-state index is 0.0758. The molecule has 3 rings (SSSR count). The van der Waals surface area contributed by atoms with Crippen molar-refractivity contribution >= 4 is 23.9 Å². The van der Waals surface area contributed by atoms with Gasteiger partial charge in [-0.2, -0.15) is 0 Å². The van der Waals surface area contributed by atoms with E-state index in [-0.39, 0.29) is 51.3 Å². The monoisotopic (exact) mass is 483 g/mol. The molecule has 11 nitrogen and oxygen atoms in total. The van der Waals surface area contributed by atoms with Crippen LogP contribution in [0.4, 0.5) is 4.79 Å². The summed E-state index contributed by atoms with van der Waals surface area (Å²) in [6.45, 7) is 4.79. The van der Waals surface area contributed by atoms with Crippen LogP contribution in [0.1, 0.15) is 35.9 Å². The summed E-state index contributed by atoms with van der Waals surface area (Å²) < 4.78 is 4.99. The number of carboxylic acids is 1. The zero-order valence-corrected chi connectivity index (χ0v) is 19.8. The highest BCUT2D eigenvalue weighted by molar-refractivity contribution is 5.96. The zero-order chi connectivity index (χ0) is 25.4. The smallest absolute Gasteiger partial charge is 0.409 e. The van der Waals surface area contributed by atoms with Crippen molar-refractivity contribution in [2.24, 2.45) is 0 Å². The van der Waals surface area contributed by atoms with Crippen LogP contribution in [-0.4, -0.2) is 87.6 Å². The number of piperazine rings is 1. The van der Waals surface area contributed by atoms with Crippen molar-refractivity contribution in [3.8, 4) is 11.4 Å². The minimum atomic E-state index is -1.08. The van der Waals surface area contributed by atoms with Gasteiger partial charge < -0.3 is 25.0 Å². The Kier molecular flexibility index (Phi) is 8.71. The van der Waals surface area contributed by atoms with Crippen molar-refractivity contribution in [1.29, 1.82) is 0 Å². The number of rotatable bonds is 8. The maximum atomic E-state index is 13.2. The number of carbonyl (C=O) groups is 4. The normalized spacial score (nSPS) is 14.2. The van der Waals surface area contributed by atoms with Crippen LogP contribution in [0.3, 0.4) is 0 Å². The van der Waals surface area contributed by atoms with Crippen molar-refractivity contribution in [3.05, 3.63) is 47.8 Å². The van der Waals surface area contributed by atoms with E-state index in [1.54, 1.807) is 13.8 Å². The third-order valence-corrected chi connectivity index (χ3v) is 5.49. The SMILES string of the molecule is CCOC(=O)N1CCN(C(=O)C(CCC(=O)O)NC(=O)c2cc(C)nc(-c3ccccc3)n2)CC1. The van der Waals surface area contributed by atoms with E-state index in [0.717, 1.165) is 5.56 Å². The van der Waals surface area contributed by atoms with E-state index in [1.165, 1.54) is 15.9 Å². The van der Waals surface area contributed by atoms with Crippen molar-refractivity contribution in [2.45, 2.75) is 32.7 Å². The lowest BCUT2D eigenvalue weighted by Crippen LogP contribution is -2.56. The number of carbonyl (C=O) groups excluding carboxylic acids is 3. The van der Waals surface area contributed by atoms with E-state index >= 15 is 0 Å². The van der Waals surface area contributed by atoms with Crippen molar-refractivity contribution in [1.82, 2.24) is 25.1 Å². The lowest BCUT2D eigenvalue weighted by atomic mass is 10.1. The number of nitrogens with one attached hydrogen (secondary N) is 1. The van der Waals surface area contributed by atoms with Gasteiger partial charge >= 0.3 is 12.1 Å². The molecule has 1 aromatic carbocycles. The summed E-state index contributed by atoms with van der Waals surface area (Å²) in [4.78, 5) is 61.1. The molecular weight excluding hydrogens is 454 g/mol. The molecule has 1 aromatic heterocycles. The Balaban J connectivity index is 1.73. The van der Waals surface area contributed by atoms with Gasteiger partial charge in [0.1, 0.15) is 11.7 Å². The van der Waals surface area contributed by atoms with Gasteiger partial charge in [0, 0.05) is 43.9 Å². The molecule has 1 aliphatic heterocycles. The van der Waals surface area contributed by atoms with E-state index in [9.17, 15) is 19.2 Å². The molecule has 1 fully saturated rings. The standard InChI is InChI=1S/C24H29N5O6/c1-3-35-24(34)29-13-11-28(12-14-29)23(33)18(9-10-20(30)31)27-22(32)19-15-16(2)25-21(26-19)17-7-5-4-6-8-17/h4-8,15,18H,3,9-14H2,1-2H3,(H,27,32)(H,30,31). The predicted molar refractivity (Wildman–Crippen MR) is 126 cm³/mol. The zero-order valence-electron chi connectivity index (χ0n) is 19.8. The first-order valence-electron chi connectivity index (χ1n) is 11.4. The Bertz CT molecular complexity index is 1070. The molecule has 11 heteroatoms. The molecule has 1 aliphatic rings. The molecule has 186 valence electrons. The van der Waals surface area contributed by atoms with Gasteiger partial charge in [-0.05, 0) is 26.3 Å². The van der Waals surface area contributed by atoms with Gasteiger partial charge in [-0.3, -0.25) is 14.4 Å². The second kappa shape index (κ2) is 11.9. The average Bonchev–Trinajstić information content (AvgIpc) is 2.86. The second-order valence-corrected chi connectivity index (χ2v) is 8.05. The van der Waals surface area contributed by atoms with Crippen LogP contribution in [0.25, 0.3) is 11.4 Å². The molecule has 0 aliphatic carbocycles. The first kappa shape index (κ1) is 25.6. The average molecular weight is 484 g/mol. The van der Waals surface area contributed by atoms with E-state index < -0.39 is 29.9 Å². The van der Waals surface area contributed by atoms with Crippen LogP contribution >= 0.6 is 0 Å². The van der Waals surface area contributed by atoms with Gasteiger partial charge in [-0.15, -0.1) is 0 Å². The van der Waals surface area contributed by atoms with E-state index in [1.807, 2.05) is 30.3 Å².